The molecular weight excluding hydrogens is 324 g/mol. The van der Waals surface area contributed by atoms with E-state index in [9.17, 15) is 0 Å². The summed E-state index contributed by atoms with van der Waals surface area (Å²) in [4.78, 5) is 0.0894. The van der Waals surface area contributed by atoms with Crippen LogP contribution < -0.4 is 4.74 Å². The minimum atomic E-state index is 0.0894. The summed E-state index contributed by atoms with van der Waals surface area (Å²) in [5.74, 6) is 0.871. The molecule has 0 radical (unpaired) electrons. The normalized spacial score (nSPS) is 12.3. The standard InChI is InChI=1S/C16H16BrClO/c1-10-4-6-14(15(18)8-10)16(17)13-7-5-12(19-3)9-11(13)2/h4-9,16H,1-3H3. The van der Waals surface area contributed by atoms with Crippen molar-refractivity contribution in [3.63, 3.8) is 0 Å². The van der Waals surface area contributed by atoms with Crippen molar-refractivity contribution in [1.82, 2.24) is 0 Å². The van der Waals surface area contributed by atoms with Crippen LogP contribution in [0.4, 0.5) is 0 Å². The highest BCUT2D eigenvalue weighted by atomic mass is 79.9. The van der Waals surface area contributed by atoms with Crippen LogP contribution in [0.3, 0.4) is 0 Å². The monoisotopic (exact) mass is 338 g/mol. The maximum atomic E-state index is 6.33. The largest absolute Gasteiger partial charge is 0.497 e. The number of aryl methyl sites for hydroxylation is 2. The molecule has 1 unspecified atom stereocenters. The first kappa shape index (κ1) is 14.4. The maximum Gasteiger partial charge on any atom is 0.119 e. The second kappa shape index (κ2) is 5.98. The van der Waals surface area contributed by atoms with Crippen molar-refractivity contribution < 1.29 is 4.74 Å². The zero-order chi connectivity index (χ0) is 14.0. The number of halogens is 2. The molecule has 0 heterocycles. The van der Waals surface area contributed by atoms with Crippen LogP contribution in [-0.2, 0) is 0 Å². The van der Waals surface area contributed by atoms with Crippen molar-refractivity contribution in [2.45, 2.75) is 18.7 Å². The van der Waals surface area contributed by atoms with Crippen LogP contribution in [0.25, 0.3) is 0 Å². The fourth-order valence-electron chi connectivity index (χ4n) is 2.06. The van der Waals surface area contributed by atoms with Gasteiger partial charge < -0.3 is 4.74 Å². The third-order valence-electron chi connectivity index (χ3n) is 3.18. The molecule has 0 amide bonds. The van der Waals surface area contributed by atoms with E-state index in [2.05, 4.69) is 41.1 Å². The molecule has 0 aliphatic heterocycles. The average Bonchev–Trinajstić information content (AvgIpc) is 2.37. The number of hydrogen-bond donors (Lipinski definition) is 0. The van der Waals surface area contributed by atoms with Crippen LogP contribution >= 0.6 is 27.5 Å². The van der Waals surface area contributed by atoms with Gasteiger partial charge in [0.2, 0.25) is 0 Å². The summed E-state index contributed by atoms with van der Waals surface area (Å²) in [5, 5.41) is 0.789. The molecule has 0 saturated carbocycles. The van der Waals surface area contributed by atoms with Crippen molar-refractivity contribution in [3.8, 4) is 5.75 Å². The third-order valence-corrected chi connectivity index (χ3v) is 4.49. The Hall–Kier alpha value is -0.990. The lowest BCUT2D eigenvalue weighted by Gasteiger charge is -2.16. The number of rotatable bonds is 3. The van der Waals surface area contributed by atoms with E-state index in [4.69, 9.17) is 16.3 Å². The van der Waals surface area contributed by atoms with Gasteiger partial charge in [0.1, 0.15) is 5.75 Å². The highest BCUT2D eigenvalue weighted by Crippen LogP contribution is 2.37. The summed E-state index contributed by atoms with van der Waals surface area (Å²) in [7, 11) is 1.68. The van der Waals surface area contributed by atoms with E-state index in [1.54, 1.807) is 7.11 Å². The van der Waals surface area contributed by atoms with Crippen LogP contribution in [0.2, 0.25) is 5.02 Å². The van der Waals surface area contributed by atoms with E-state index in [-0.39, 0.29) is 4.83 Å². The Morgan fingerprint density at radius 3 is 2.32 bits per heavy atom. The minimum absolute atomic E-state index is 0.0894. The Morgan fingerprint density at radius 2 is 1.74 bits per heavy atom. The fraction of sp³-hybridized carbons (Fsp3) is 0.250. The Balaban J connectivity index is 2.41. The second-order valence-corrected chi connectivity index (χ2v) is 5.93. The average molecular weight is 340 g/mol. The first-order valence-electron chi connectivity index (χ1n) is 6.07. The van der Waals surface area contributed by atoms with Crippen LogP contribution in [0.15, 0.2) is 36.4 Å². The molecular formula is C16H16BrClO. The topological polar surface area (TPSA) is 9.23 Å². The first-order chi connectivity index (χ1) is 9.02. The molecule has 1 nitrogen and oxygen atoms in total. The SMILES string of the molecule is COc1ccc(C(Br)c2ccc(C)cc2Cl)c(C)c1. The van der Waals surface area contributed by atoms with Gasteiger partial charge in [-0.15, -0.1) is 0 Å². The van der Waals surface area contributed by atoms with E-state index in [1.807, 2.05) is 25.1 Å². The summed E-state index contributed by atoms with van der Waals surface area (Å²) < 4.78 is 5.23. The molecule has 0 spiro atoms. The van der Waals surface area contributed by atoms with Crippen LogP contribution in [0.5, 0.6) is 5.75 Å². The quantitative estimate of drug-likeness (QED) is 0.676. The predicted molar refractivity (Wildman–Crippen MR) is 84.7 cm³/mol. The van der Waals surface area contributed by atoms with Gasteiger partial charge in [0.25, 0.3) is 0 Å². The van der Waals surface area contributed by atoms with E-state index < -0.39 is 0 Å². The molecule has 2 aromatic carbocycles. The highest BCUT2D eigenvalue weighted by Gasteiger charge is 2.16. The zero-order valence-electron chi connectivity index (χ0n) is 11.2. The molecule has 0 aliphatic rings. The van der Waals surface area contributed by atoms with Crippen LogP contribution in [0, 0.1) is 13.8 Å². The molecule has 3 heteroatoms. The molecule has 100 valence electrons. The van der Waals surface area contributed by atoms with E-state index in [0.29, 0.717) is 0 Å². The van der Waals surface area contributed by atoms with Crippen molar-refractivity contribution in [2.75, 3.05) is 7.11 Å². The predicted octanol–water partition coefficient (Wildman–Crippen LogP) is 5.45. The smallest absolute Gasteiger partial charge is 0.119 e. The van der Waals surface area contributed by atoms with E-state index in [0.717, 1.165) is 16.3 Å². The molecule has 0 aromatic heterocycles. The summed E-state index contributed by atoms with van der Waals surface area (Å²) in [6.45, 7) is 4.12. The summed E-state index contributed by atoms with van der Waals surface area (Å²) >= 11 is 10.1. The molecule has 1 atom stereocenters. The van der Waals surface area contributed by atoms with Gasteiger partial charge in [0.05, 0.1) is 11.9 Å². The lowest BCUT2D eigenvalue weighted by Crippen LogP contribution is -1.98. The summed E-state index contributed by atoms with van der Waals surface area (Å²) in [6.07, 6.45) is 0. The molecule has 0 saturated heterocycles. The number of alkyl halides is 1. The Bertz CT molecular complexity index is 595. The fourth-order valence-corrected chi connectivity index (χ4v) is 3.45. The number of benzene rings is 2. The minimum Gasteiger partial charge on any atom is -0.497 e. The van der Waals surface area contributed by atoms with Gasteiger partial charge in [-0.3, -0.25) is 0 Å². The summed E-state index contributed by atoms with van der Waals surface area (Å²) in [5.41, 5.74) is 4.63. The third kappa shape index (κ3) is 3.13. The zero-order valence-corrected chi connectivity index (χ0v) is 13.5. The van der Waals surface area contributed by atoms with Crippen LogP contribution in [-0.4, -0.2) is 7.11 Å². The molecule has 0 fully saturated rings. The Kier molecular flexibility index (Phi) is 4.54. The van der Waals surface area contributed by atoms with Gasteiger partial charge in [-0.05, 0) is 54.3 Å². The van der Waals surface area contributed by atoms with Crippen molar-refractivity contribution in [1.29, 1.82) is 0 Å². The first-order valence-corrected chi connectivity index (χ1v) is 7.37. The number of ether oxygens (including phenoxy) is 1. The van der Waals surface area contributed by atoms with E-state index in [1.165, 1.54) is 16.7 Å². The van der Waals surface area contributed by atoms with Crippen molar-refractivity contribution in [3.05, 3.63) is 63.7 Å². The molecule has 19 heavy (non-hydrogen) atoms. The lowest BCUT2D eigenvalue weighted by atomic mass is 9.99. The number of hydrogen-bond acceptors (Lipinski definition) is 1. The molecule has 0 N–H and O–H groups in total. The molecule has 2 aromatic rings. The van der Waals surface area contributed by atoms with E-state index >= 15 is 0 Å². The molecule has 0 aliphatic carbocycles. The van der Waals surface area contributed by atoms with Crippen molar-refractivity contribution in [2.24, 2.45) is 0 Å². The van der Waals surface area contributed by atoms with Gasteiger partial charge in [-0.25, -0.2) is 0 Å². The van der Waals surface area contributed by atoms with Crippen molar-refractivity contribution >= 4 is 27.5 Å². The van der Waals surface area contributed by atoms with Gasteiger partial charge in [0.15, 0.2) is 0 Å². The van der Waals surface area contributed by atoms with Gasteiger partial charge in [0, 0.05) is 5.02 Å². The Labute approximate surface area is 127 Å². The van der Waals surface area contributed by atoms with Gasteiger partial charge >= 0.3 is 0 Å². The molecule has 0 bridgehead atoms. The molecule has 2 rings (SSSR count). The maximum absolute atomic E-state index is 6.33. The second-order valence-electron chi connectivity index (χ2n) is 4.61. The Morgan fingerprint density at radius 1 is 1.05 bits per heavy atom. The lowest BCUT2D eigenvalue weighted by molar-refractivity contribution is 0.414. The summed E-state index contributed by atoms with van der Waals surface area (Å²) in [6, 6.07) is 12.2. The van der Waals surface area contributed by atoms with Crippen LogP contribution in [0.1, 0.15) is 27.1 Å². The van der Waals surface area contributed by atoms with Gasteiger partial charge in [-0.1, -0.05) is 45.7 Å². The van der Waals surface area contributed by atoms with Gasteiger partial charge in [-0.2, -0.15) is 0 Å². The number of methoxy groups -OCH3 is 1. The highest BCUT2D eigenvalue weighted by molar-refractivity contribution is 9.09.